The molecule has 1 aromatic heterocycles. The Kier molecular flexibility index (Phi) is 6.60. The van der Waals surface area contributed by atoms with Crippen molar-refractivity contribution >= 4 is 12.4 Å². The van der Waals surface area contributed by atoms with Crippen molar-refractivity contribution in [1.29, 1.82) is 0 Å². The third-order valence-corrected chi connectivity index (χ3v) is 4.30. The van der Waals surface area contributed by atoms with Gasteiger partial charge in [-0.2, -0.15) is 0 Å². The molecule has 1 heterocycles. The van der Waals surface area contributed by atoms with E-state index < -0.39 is 0 Å². The molecule has 1 saturated carbocycles. The molecule has 0 spiro atoms. The van der Waals surface area contributed by atoms with Crippen molar-refractivity contribution in [2.45, 2.75) is 58.2 Å². The second kappa shape index (κ2) is 8.46. The number of rotatable bonds is 9. The maximum Gasteiger partial charge on any atom is 0.132 e. The van der Waals surface area contributed by atoms with Crippen molar-refractivity contribution in [3.63, 3.8) is 0 Å². The summed E-state index contributed by atoms with van der Waals surface area (Å²) < 4.78 is 21.7. The van der Waals surface area contributed by atoms with Crippen LogP contribution in [0.25, 0.3) is 12.4 Å². The van der Waals surface area contributed by atoms with E-state index in [1.54, 1.807) is 13.2 Å². The summed E-state index contributed by atoms with van der Waals surface area (Å²) in [5, 5.41) is 4.97. The second-order valence-electron chi connectivity index (χ2n) is 6.31. The summed E-state index contributed by atoms with van der Waals surface area (Å²) in [4.78, 5) is 0. The average molecular weight is 320 g/mol. The molecule has 23 heavy (non-hydrogen) atoms. The van der Waals surface area contributed by atoms with Crippen LogP contribution in [0.3, 0.4) is 0 Å². The minimum Gasteiger partial charge on any atom is -0.385 e. The molecule has 0 aromatic carbocycles. The molecule has 0 bridgehead atoms. The van der Waals surface area contributed by atoms with Gasteiger partial charge in [0.25, 0.3) is 0 Å². The van der Waals surface area contributed by atoms with Gasteiger partial charge in [0.05, 0.1) is 0 Å². The third-order valence-electron chi connectivity index (χ3n) is 4.30. The molecule has 1 aliphatic rings. The fraction of sp³-hybridized carbons (Fsp3) is 0.579. The molecule has 1 unspecified atom stereocenters. The average Bonchev–Trinajstić information content (AvgIpc) is 3.26. The fourth-order valence-corrected chi connectivity index (χ4v) is 2.88. The maximum absolute atomic E-state index is 14.6. The molecule has 128 valence electrons. The third kappa shape index (κ3) is 4.79. The molecule has 0 amide bonds. The van der Waals surface area contributed by atoms with Crippen LogP contribution in [0.1, 0.15) is 51.1 Å². The molecular weight excluding hydrogens is 291 g/mol. The lowest BCUT2D eigenvalue weighted by molar-refractivity contribution is 0.191. The number of nitrogens with zero attached hydrogens (tertiary/aromatic N) is 1. The molecule has 1 N–H and O–H groups in total. The van der Waals surface area contributed by atoms with E-state index in [9.17, 15) is 4.39 Å². The normalized spacial score (nSPS) is 17.7. The van der Waals surface area contributed by atoms with Crippen LogP contribution in [-0.2, 0) is 11.3 Å². The Morgan fingerprint density at radius 3 is 2.87 bits per heavy atom. The Balaban J connectivity index is 2.30. The molecule has 0 radical (unpaired) electrons. The maximum atomic E-state index is 14.6. The lowest BCUT2D eigenvalue weighted by Crippen LogP contribution is -2.33. The van der Waals surface area contributed by atoms with Crippen LogP contribution in [0.2, 0.25) is 0 Å². The van der Waals surface area contributed by atoms with Gasteiger partial charge in [0, 0.05) is 49.1 Å². The predicted octanol–water partition coefficient (Wildman–Crippen LogP) is 2.79. The first-order valence-corrected chi connectivity index (χ1v) is 8.54. The Morgan fingerprint density at radius 2 is 2.26 bits per heavy atom. The summed E-state index contributed by atoms with van der Waals surface area (Å²) in [7, 11) is 1.71. The van der Waals surface area contributed by atoms with Crippen molar-refractivity contribution in [3.8, 4) is 0 Å². The molecule has 0 aliphatic heterocycles. The smallest absolute Gasteiger partial charge is 0.132 e. The lowest BCUT2D eigenvalue weighted by Gasteiger charge is -2.12. The number of unbranched alkanes of at least 4 members (excludes halogenated alkanes) is 1. The van der Waals surface area contributed by atoms with E-state index in [2.05, 4.69) is 29.6 Å². The van der Waals surface area contributed by atoms with Gasteiger partial charge in [0.15, 0.2) is 0 Å². The van der Waals surface area contributed by atoms with Crippen LogP contribution in [0, 0.1) is 0 Å². The number of hydrogen-bond acceptors (Lipinski definition) is 2. The van der Waals surface area contributed by atoms with Gasteiger partial charge in [-0.25, -0.2) is 4.39 Å². The monoisotopic (exact) mass is 320 g/mol. The summed E-state index contributed by atoms with van der Waals surface area (Å²) in [6.45, 7) is 9.66. The Morgan fingerprint density at radius 1 is 1.52 bits per heavy atom. The molecule has 1 fully saturated rings. The topological polar surface area (TPSA) is 26.2 Å². The van der Waals surface area contributed by atoms with Crippen molar-refractivity contribution in [1.82, 2.24) is 9.88 Å². The molecular formula is C19H29FN2O. The lowest BCUT2D eigenvalue weighted by atomic mass is 10.1. The first-order valence-electron chi connectivity index (χ1n) is 8.54. The number of hydrogen-bond donors (Lipinski definition) is 1. The zero-order chi connectivity index (χ0) is 16.8. The highest BCUT2D eigenvalue weighted by Crippen LogP contribution is 2.23. The van der Waals surface area contributed by atoms with Gasteiger partial charge in [-0.3, -0.25) is 0 Å². The molecule has 1 aromatic rings. The number of halogens is 1. The summed E-state index contributed by atoms with van der Waals surface area (Å²) in [5.74, 6) is -0.201. The minimum absolute atomic E-state index is 0.134. The van der Waals surface area contributed by atoms with Crippen LogP contribution in [-0.4, -0.2) is 24.3 Å². The van der Waals surface area contributed by atoms with Gasteiger partial charge in [-0.15, -0.1) is 0 Å². The fourth-order valence-electron chi connectivity index (χ4n) is 2.88. The van der Waals surface area contributed by atoms with Gasteiger partial charge in [0.2, 0.25) is 0 Å². The first kappa shape index (κ1) is 18.0. The minimum atomic E-state index is -0.201. The van der Waals surface area contributed by atoms with E-state index in [0.717, 1.165) is 36.9 Å². The van der Waals surface area contributed by atoms with Crippen molar-refractivity contribution in [3.05, 3.63) is 34.5 Å². The Bertz CT molecular complexity index is 643. The van der Waals surface area contributed by atoms with Gasteiger partial charge in [-0.05, 0) is 51.2 Å². The highest BCUT2D eigenvalue weighted by Gasteiger charge is 2.24. The largest absolute Gasteiger partial charge is 0.385 e. The summed E-state index contributed by atoms with van der Waals surface area (Å²) in [6.07, 6.45) is 9.74. The number of aromatic nitrogens is 1. The Labute approximate surface area is 138 Å². The molecule has 0 saturated heterocycles. The van der Waals surface area contributed by atoms with Gasteiger partial charge in [0.1, 0.15) is 5.83 Å². The number of ether oxygens (including phenoxy) is 1. The molecule has 2 rings (SSSR count). The number of nitrogens with one attached hydrogen (secondary N) is 1. The van der Waals surface area contributed by atoms with Crippen molar-refractivity contribution in [2.75, 3.05) is 13.7 Å². The van der Waals surface area contributed by atoms with Crippen LogP contribution in [0.4, 0.5) is 4.39 Å². The quantitative estimate of drug-likeness (QED) is 0.708. The van der Waals surface area contributed by atoms with Crippen LogP contribution >= 0.6 is 0 Å². The molecule has 1 atom stereocenters. The number of aryl methyl sites for hydroxylation is 1. The van der Waals surface area contributed by atoms with Gasteiger partial charge >= 0.3 is 0 Å². The van der Waals surface area contributed by atoms with E-state index in [0.29, 0.717) is 11.3 Å². The molecule has 1 aliphatic carbocycles. The summed E-state index contributed by atoms with van der Waals surface area (Å²) >= 11 is 0. The zero-order valence-corrected chi connectivity index (χ0v) is 14.6. The van der Waals surface area contributed by atoms with Crippen molar-refractivity contribution in [2.24, 2.45) is 0 Å². The second-order valence-corrected chi connectivity index (χ2v) is 6.31. The van der Waals surface area contributed by atoms with Gasteiger partial charge in [-0.1, -0.05) is 12.7 Å². The number of methoxy groups -OCH3 is 1. The summed E-state index contributed by atoms with van der Waals surface area (Å²) in [6, 6.07) is 0.718. The van der Waals surface area contributed by atoms with E-state index in [4.69, 9.17) is 4.74 Å². The standard InChI is InChI=1S/C19H29FN2O/c1-5-8-18(20)19-15(3)22(11-6-7-12-23-4)13-17(19)14(2)21-16-9-10-16/h5,8,13-14,16,21H,3,6-7,9-12H2,1-2,4H3/b8-5-,19-18-. The van der Waals surface area contributed by atoms with Crippen LogP contribution in [0.5, 0.6) is 0 Å². The Hall–Kier alpha value is -1.39. The highest BCUT2D eigenvalue weighted by atomic mass is 19.1. The molecule has 3 nitrogen and oxygen atoms in total. The predicted molar refractivity (Wildman–Crippen MR) is 94.2 cm³/mol. The SMILES string of the molecule is C=c1/c(=C(F)\C=C/C)c(C(C)NC2CC2)cn1CCCCOC. The van der Waals surface area contributed by atoms with Crippen molar-refractivity contribution < 1.29 is 9.13 Å². The summed E-state index contributed by atoms with van der Waals surface area (Å²) in [5.41, 5.74) is 1.00. The van der Waals surface area contributed by atoms with E-state index in [1.165, 1.54) is 18.9 Å². The highest BCUT2D eigenvalue weighted by molar-refractivity contribution is 5.51. The van der Waals surface area contributed by atoms with E-state index in [-0.39, 0.29) is 11.9 Å². The van der Waals surface area contributed by atoms with E-state index in [1.807, 2.05) is 6.92 Å². The van der Waals surface area contributed by atoms with Crippen LogP contribution < -0.4 is 15.9 Å². The van der Waals surface area contributed by atoms with Gasteiger partial charge < -0.3 is 14.6 Å². The zero-order valence-electron chi connectivity index (χ0n) is 14.6. The number of allylic oxidation sites excluding steroid dienone is 2. The first-order chi connectivity index (χ1) is 11.1. The van der Waals surface area contributed by atoms with E-state index >= 15 is 0 Å². The van der Waals surface area contributed by atoms with Crippen LogP contribution in [0.15, 0.2) is 18.3 Å². The molecule has 4 heteroatoms.